The van der Waals surface area contributed by atoms with E-state index in [4.69, 9.17) is 5.11 Å². The molecule has 0 aliphatic carbocycles. The molecule has 0 rings (SSSR count). The van der Waals surface area contributed by atoms with Crippen LogP contribution >= 0.6 is 0 Å². The molecule has 0 saturated carbocycles. The van der Waals surface area contributed by atoms with Crippen molar-refractivity contribution < 1.29 is 45.6 Å². The molecular weight excluding hydrogens is 528 g/mol. The molecule has 9 nitrogen and oxygen atoms in total. The van der Waals surface area contributed by atoms with E-state index in [0.29, 0.717) is 17.4 Å². The molecule has 0 aromatic rings. The lowest BCUT2D eigenvalue weighted by molar-refractivity contribution is -0.153. The normalized spacial score (nSPS) is 20.5. The van der Waals surface area contributed by atoms with E-state index in [9.17, 15) is 40.5 Å². The molecule has 8 N–H and O–H groups in total. The zero-order chi connectivity index (χ0) is 31.7. The second-order valence-electron chi connectivity index (χ2n) is 11.3. The van der Waals surface area contributed by atoms with Crippen LogP contribution in [-0.4, -0.2) is 90.1 Å². The fourth-order valence-corrected chi connectivity index (χ4v) is 4.41. The molecule has 41 heavy (non-hydrogen) atoms. The van der Waals surface area contributed by atoms with Crippen molar-refractivity contribution >= 4 is 5.97 Å². The highest BCUT2D eigenvalue weighted by molar-refractivity contribution is 5.72. The second kappa shape index (κ2) is 20.7. The molecule has 0 heterocycles. The van der Waals surface area contributed by atoms with Gasteiger partial charge >= 0.3 is 5.97 Å². The van der Waals surface area contributed by atoms with Crippen molar-refractivity contribution in [2.75, 3.05) is 6.61 Å². The summed E-state index contributed by atoms with van der Waals surface area (Å²) in [6, 6.07) is 0. The molecule has 0 bridgehead atoms. The van der Waals surface area contributed by atoms with Crippen LogP contribution in [0.3, 0.4) is 0 Å². The summed E-state index contributed by atoms with van der Waals surface area (Å²) in [5, 5.41) is 78.5. The molecule has 0 spiro atoms. The fourth-order valence-electron chi connectivity index (χ4n) is 4.41. The van der Waals surface area contributed by atoms with E-state index in [1.807, 2.05) is 26.0 Å². The van der Waals surface area contributed by atoms with Gasteiger partial charge in [-0.05, 0) is 61.7 Å². The zero-order valence-corrected chi connectivity index (χ0v) is 25.5. The number of carboxylic acids is 1. The third kappa shape index (κ3) is 16.8. The van der Waals surface area contributed by atoms with Gasteiger partial charge in [0.1, 0.15) is 0 Å². The number of rotatable bonds is 20. The van der Waals surface area contributed by atoms with E-state index in [-0.39, 0.29) is 31.8 Å². The largest absolute Gasteiger partial charge is 0.479 e. The van der Waals surface area contributed by atoms with Gasteiger partial charge in [-0.15, -0.1) is 0 Å². The monoisotopic (exact) mass is 582 g/mol. The first-order valence-corrected chi connectivity index (χ1v) is 14.4. The average Bonchev–Trinajstić information content (AvgIpc) is 2.90. The molecule has 0 aliphatic heterocycles. The Labute approximate surface area is 245 Å². The highest BCUT2D eigenvalue weighted by atomic mass is 16.4. The van der Waals surface area contributed by atoms with Crippen molar-refractivity contribution in [2.45, 2.75) is 110 Å². The predicted octanol–water partition coefficient (Wildman–Crippen LogP) is 3.04. The molecule has 0 saturated heterocycles. The fraction of sp³-hybridized carbons (Fsp3) is 0.656. The van der Waals surface area contributed by atoms with E-state index in [1.165, 1.54) is 18.2 Å². The first-order chi connectivity index (χ1) is 19.1. The maximum atomic E-state index is 10.8. The lowest BCUT2D eigenvalue weighted by Gasteiger charge is -2.20. The number of carboxylic acid groups (broad SMARTS) is 1. The molecule has 9 atom stereocenters. The number of hydrogen-bond acceptors (Lipinski definition) is 8. The van der Waals surface area contributed by atoms with E-state index in [1.54, 1.807) is 13.0 Å². The van der Waals surface area contributed by atoms with Crippen LogP contribution in [0.5, 0.6) is 0 Å². The highest BCUT2D eigenvalue weighted by Crippen LogP contribution is 2.21. The molecule has 0 aromatic heterocycles. The van der Waals surface area contributed by atoms with Gasteiger partial charge in [0.15, 0.2) is 6.10 Å². The van der Waals surface area contributed by atoms with E-state index in [2.05, 4.69) is 26.8 Å². The summed E-state index contributed by atoms with van der Waals surface area (Å²) in [6.07, 6.45) is 6.46. The topological polar surface area (TPSA) is 179 Å². The maximum absolute atomic E-state index is 10.8. The number of hydrogen-bond donors (Lipinski definition) is 8. The third-order valence-electron chi connectivity index (χ3n) is 7.14. The van der Waals surface area contributed by atoms with E-state index in [0.717, 1.165) is 24.0 Å². The van der Waals surface area contributed by atoms with Crippen LogP contribution in [0.1, 0.15) is 73.6 Å². The van der Waals surface area contributed by atoms with E-state index >= 15 is 0 Å². The summed E-state index contributed by atoms with van der Waals surface area (Å²) >= 11 is 0. The Morgan fingerprint density at radius 3 is 1.93 bits per heavy atom. The summed E-state index contributed by atoms with van der Waals surface area (Å²) in [5.74, 6) is -0.946. The van der Waals surface area contributed by atoms with Crippen LogP contribution in [-0.2, 0) is 4.79 Å². The van der Waals surface area contributed by atoms with Gasteiger partial charge in [-0.2, -0.15) is 0 Å². The summed E-state index contributed by atoms with van der Waals surface area (Å²) in [4.78, 5) is 10.6. The van der Waals surface area contributed by atoms with Crippen LogP contribution in [0.15, 0.2) is 59.3 Å². The van der Waals surface area contributed by atoms with Crippen LogP contribution in [0, 0.1) is 17.8 Å². The molecule has 0 fully saturated rings. The SMILES string of the molecule is CCC(C)CC(C)C=C(C=C(C)C(O)C(C)C=C(C)C(O)CC=CC(O)CC=CC(O)CC(O)C(O)C(=O)O)CO. The number of aliphatic hydroxyl groups is 7. The highest BCUT2D eigenvalue weighted by Gasteiger charge is 2.25. The zero-order valence-electron chi connectivity index (χ0n) is 25.5. The van der Waals surface area contributed by atoms with Crippen LogP contribution in [0.25, 0.3) is 0 Å². The predicted molar refractivity (Wildman–Crippen MR) is 161 cm³/mol. The van der Waals surface area contributed by atoms with Crippen molar-refractivity contribution in [2.24, 2.45) is 17.8 Å². The van der Waals surface area contributed by atoms with Gasteiger partial charge in [0.2, 0.25) is 0 Å². The summed E-state index contributed by atoms with van der Waals surface area (Å²) in [7, 11) is 0. The van der Waals surface area contributed by atoms with Gasteiger partial charge in [-0.3, -0.25) is 0 Å². The van der Waals surface area contributed by atoms with E-state index < -0.39 is 42.6 Å². The average molecular weight is 583 g/mol. The minimum Gasteiger partial charge on any atom is -0.479 e. The minimum atomic E-state index is -1.99. The van der Waals surface area contributed by atoms with Gasteiger partial charge in [-0.25, -0.2) is 4.79 Å². The Morgan fingerprint density at radius 2 is 1.37 bits per heavy atom. The second-order valence-corrected chi connectivity index (χ2v) is 11.3. The maximum Gasteiger partial charge on any atom is 0.335 e. The van der Waals surface area contributed by atoms with Gasteiger partial charge in [0, 0.05) is 12.3 Å². The summed E-state index contributed by atoms with van der Waals surface area (Å²) < 4.78 is 0. The lowest BCUT2D eigenvalue weighted by Crippen LogP contribution is -2.35. The smallest absolute Gasteiger partial charge is 0.335 e. The van der Waals surface area contributed by atoms with Gasteiger partial charge < -0.3 is 40.9 Å². The standard InChI is InChI=1S/C32H54O9/c1-7-20(2)14-21(3)15-25(19-33)17-24(6)30(38)23(5)16-22(4)28(36)13-9-11-26(34)10-8-12-27(35)18-29(37)31(39)32(40)41/h8-9,11-12,15-17,20-21,23,26-31,33-39H,7,10,13-14,18-19H2,1-6H3,(H,40,41). The van der Waals surface area contributed by atoms with Crippen molar-refractivity contribution in [3.8, 4) is 0 Å². The van der Waals surface area contributed by atoms with Crippen molar-refractivity contribution in [1.82, 2.24) is 0 Å². The third-order valence-corrected chi connectivity index (χ3v) is 7.14. The Bertz CT molecular complexity index is 905. The molecular formula is C32H54O9. The Kier molecular flexibility index (Phi) is 19.7. The molecule has 0 radical (unpaired) electrons. The molecule has 0 amide bonds. The van der Waals surface area contributed by atoms with Crippen molar-refractivity contribution in [1.29, 1.82) is 0 Å². The molecule has 9 heteroatoms. The number of aliphatic hydroxyl groups excluding tert-OH is 7. The minimum absolute atomic E-state index is 0.106. The van der Waals surface area contributed by atoms with Crippen LogP contribution in [0.2, 0.25) is 0 Å². The van der Waals surface area contributed by atoms with Crippen LogP contribution in [0.4, 0.5) is 0 Å². The summed E-state index contributed by atoms with van der Waals surface area (Å²) in [6.45, 7) is 11.8. The number of carbonyl (C=O) groups is 1. The Balaban J connectivity index is 4.92. The molecule has 0 aromatic carbocycles. The summed E-state index contributed by atoms with van der Waals surface area (Å²) in [5.41, 5.74) is 2.17. The van der Waals surface area contributed by atoms with Gasteiger partial charge in [-0.1, -0.05) is 76.6 Å². The van der Waals surface area contributed by atoms with Crippen LogP contribution < -0.4 is 0 Å². The first-order valence-electron chi connectivity index (χ1n) is 14.4. The molecule has 9 unspecified atom stereocenters. The Morgan fingerprint density at radius 1 is 0.780 bits per heavy atom. The lowest BCUT2D eigenvalue weighted by atomic mass is 9.91. The molecule has 236 valence electrons. The first kappa shape index (κ1) is 38.9. The number of allylic oxidation sites excluding steroid dienone is 1. The van der Waals surface area contributed by atoms with Gasteiger partial charge in [0.05, 0.1) is 37.1 Å². The number of aliphatic carboxylic acids is 1. The van der Waals surface area contributed by atoms with Crippen molar-refractivity contribution in [3.63, 3.8) is 0 Å². The van der Waals surface area contributed by atoms with Crippen molar-refractivity contribution in [3.05, 3.63) is 59.3 Å². The van der Waals surface area contributed by atoms with Gasteiger partial charge in [0.25, 0.3) is 0 Å². The molecule has 0 aliphatic rings. The Hall–Kier alpha value is -2.11. The quantitative estimate of drug-likeness (QED) is 0.0791.